The Morgan fingerprint density at radius 1 is 1.02 bits per heavy atom. The number of nitrogens with zero attached hydrogens (tertiary/aromatic N) is 2. The van der Waals surface area contributed by atoms with Crippen LogP contribution in [0.3, 0.4) is 0 Å². The number of rotatable bonds is 7. The number of aromatic carboxylic acids is 1. The van der Waals surface area contributed by atoms with Gasteiger partial charge in [-0.1, -0.05) is 26.0 Å². The second-order valence-corrected chi connectivity index (χ2v) is 12.6. The van der Waals surface area contributed by atoms with Crippen molar-refractivity contribution < 1.29 is 50.5 Å². The monoisotopic (exact) mass is 662 g/mol. The number of alkyl halides is 6. The number of cyclic esters (lactones) is 1. The molecule has 250 valence electrons. The molecule has 2 heterocycles. The van der Waals surface area contributed by atoms with Crippen LogP contribution >= 0.6 is 0 Å². The molecule has 47 heavy (non-hydrogen) atoms. The van der Waals surface area contributed by atoms with Crippen molar-refractivity contribution in [3.8, 4) is 17.0 Å². The first-order valence-electron chi connectivity index (χ1n) is 14.7. The molecule has 0 spiro atoms. The molecule has 13 heteroatoms. The average Bonchev–Trinajstić information content (AvgIpc) is 3.28. The van der Waals surface area contributed by atoms with E-state index in [9.17, 15) is 41.0 Å². The predicted octanol–water partition coefficient (Wildman–Crippen LogP) is 9.04. The predicted molar refractivity (Wildman–Crippen MR) is 160 cm³/mol. The van der Waals surface area contributed by atoms with E-state index in [0.29, 0.717) is 47.5 Å². The number of carbonyl (C=O) groups is 2. The largest absolute Gasteiger partial charge is 0.481 e. The number of hydrogen-bond donors (Lipinski definition) is 1. The normalized spacial score (nSPS) is 20.0. The molecule has 1 aliphatic carbocycles. The van der Waals surface area contributed by atoms with Gasteiger partial charge in [0.15, 0.2) is 0 Å². The van der Waals surface area contributed by atoms with Crippen LogP contribution in [0.4, 0.5) is 31.1 Å². The average molecular weight is 663 g/mol. The van der Waals surface area contributed by atoms with E-state index in [4.69, 9.17) is 9.47 Å². The third-order valence-corrected chi connectivity index (χ3v) is 8.70. The lowest BCUT2D eigenvalue weighted by molar-refractivity contribution is -0.143. The van der Waals surface area contributed by atoms with Crippen molar-refractivity contribution in [2.45, 2.75) is 64.5 Å². The lowest BCUT2D eigenvalue weighted by Gasteiger charge is -2.35. The molecule has 0 unspecified atom stereocenters. The van der Waals surface area contributed by atoms with Crippen LogP contribution in [0.1, 0.15) is 78.7 Å². The van der Waals surface area contributed by atoms with Gasteiger partial charge in [-0.3, -0.25) is 4.90 Å². The number of carbonyl (C=O) groups excluding carboxylic acids is 1. The van der Waals surface area contributed by atoms with Gasteiger partial charge < -0.3 is 14.6 Å². The van der Waals surface area contributed by atoms with E-state index in [1.165, 1.54) is 31.1 Å². The smallest absolute Gasteiger partial charge is 0.416 e. The van der Waals surface area contributed by atoms with Crippen molar-refractivity contribution in [3.63, 3.8) is 0 Å². The number of hydrogen-bond acceptors (Lipinski definition) is 5. The zero-order chi connectivity index (χ0) is 34.5. The van der Waals surface area contributed by atoms with E-state index in [0.717, 1.165) is 17.6 Å². The van der Waals surface area contributed by atoms with Crippen molar-refractivity contribution in [1.29, 1.82) is 0 Å². The van der Waals surface area contributed by atoms with E-state index >= 15 is 0 Å². The second kappa shape index (κ2) is 12.2. The van der Waals surface area contributed by atoms with Gasteiger partial charge in [0.2, 0.25) is 5.88 Å². The fraction of sp³-hybridized carbons (Fsp3) is 0.382. The highest BCUT2D eigenvalue weighted by molar-refractivity contribution is 5.88. The summed E-state index contributed by atoms with van der Waals surface area (Å²) in [5, 5.41) is 9.26. The second-order valence-electron chi connectivity index (χ2n) is 12.6. The Labute approximate surface area is 266 Å². The number of ether oxygens (including phenoxy) is 2. The molecule has 1 aromatic heterocycles. The van der Waals surface area contributed by atoms with Gasteiger partial charge in [-0.05, 0) is 90.3 Å². The SMILES string of the molecule is COc1ncc(-c2ccc(C(=O)O)cc2)cc1C1=C(CN2C(=O)O[C@H](c3cc(C(F)(F)F)cc(C(F)(F)F)c3)[C@@H]2C)CC(C)(C)CC1. The van der Waals surface area contributed by atoms with E-state index in [1.807, 2.05) is 6.07 Å². The number of pyridine rings is 1. The molecule has 2 aromatic carbocycles. The summed E-state index contributed by atoms with van der Waals surface area (Å²) in [5.74, 6) is -0.739. The molecule has 1 amide bonds. The van der Waals surface area contributed by atoms with E-state index in [-0.39, 0.29) is 23.6 Å². The van der Waals surface area contributed by atoms with Crippen LogP contribution in [0.25, 0.3) is 16.7 Å². The van der Waals surface area contributed by atoms with Crippen LogP contribution in [0.2, 0.25) is 0 Å². The van der Waals surface area contributed by atoms with Crippen molar-refractivity contribution in [1.82, 2.24) is 9.88 Å². The molecule has 0 bridgehead atoms. The van der Waals surface area contributed by atoms with Crippen molar-refractivity contribution in [2.75, 3.05) is 13.7 Å². The molecular weight excluding hydrogens is 630 g/mol. The van der Waals surface area contributed by atoms with Gasteiger partial charge in [0.1, 0.15) is 6.10 Å². The zero-order valence-electron chi connectivity index (χ0n) is 25.9. The maximum Gasteiger partial charge on any atom is 0.416 e. The Hall–Kier alpha value is -4.55. The van der Waals surface area contributed by atoms with Crippen molar-refractivity contribution in [3.05, 3.63) is 88.1 Å². The molecule has 1 N–H and O–H groups in total. The molecule has 1 fully saturated rings. The Balaban J connectivity index is 1.53. The molecular formula is C34H32F6N2O5. The van der Waals surface area contributed by atoms with Gasteiger partial charge in [-0.2, -0.15) is 26.3 Å². The minimum absolute atomic E-state index is 0.0149. The zero-order valence-corrected chi connectivity index (χ0v) is 25.9. The number of allylic oxidation sites excluding steroid dienone is 1. The topological polar surface area (TPSA) is 89.0 Å². The Morgan fingerprint density at radius 3 is 2.19 bits per heavy atom. The first kappa shape index (κ1) is 33.8. The highest BCUT2D eigenvalue weighted by Crippen LogP contribution is 2.47. The Kier molecular flexibility index (Phi) is 8.80. The lowest BCUT2D eigenvalue weighted by atomic mass is 9.72. The fourth-order valence-electron chi connectivity index (χ4n) is 6.19. The van der Waals surface area contributed by atoms with Crippen LogP contribution < -0.4 is 4.74 Å². The van der Waals surface area contributed by atoms with Crippen molar-refractivity contribution >= 4 is 17.6 Å². The van der Waals surface area contributed by atoms with E-state index in [2.05, 4.69) is 18.8 Å². The standard InChI is InChI=1S/C34H32F6N2O5/c1-18-28(21-11-24(33(35,36)37)14-25(12-21)34(38,39)40)47-31(45)42(18)17-23-15-32(2,3)10-9-26(23)27-13-22(16-41-29(27)46-4)19-5-7-20(8-6-19)30(43)44/h5-8,11-14,16,18,28H,9-10,15,17H2,1-4H3,(H,43,44)/t18-,28-/m0/s1. The van der Waals surface area contributed by atoms with Gasteiger partial charge in [-0.25, -0.2) is 14.6 Å². The van der Waals surface area contributed by atoms with Crippen LogP contribution in [-0.2, 0) is 17.1 Å². The van der Waals surface area contributed by atoms with E-state index in [1.54, 1.807) is 18.3 Å². The molecule has 0 radical (unpaired) electrons. The van der Waals surface area contributed by atoms with Crippen LogP contribution in [0.5, 0.6) is 5.88 Å². The Morgan fingerprint density at radius 2 is 1.64 bits per heavy atom. The minimum atomic E-state index is -5.05. The van der Waals surface area contributed by atoms with Crippen molar-refractivity contribution in [2.24, 2.45) is 5.41 Å². The summed E-state index contributed by atoms with van der Waals surface area (Å²) in [4.78, 5) is 30.3. The quantitative estimate of drug-likeness (QED) is 0.254. The Bertz CT molecular complexity index is 1700. The number of carboxylic acids is 1. The number of carboxylic acid groups (broad SMARTS) is 1. The summed E-state index contributed by atoms with van der Waals surface area (Å²) >= 11 is 0. The number of amides is 1. The number of aromatic nitrogens is 1. The van der Waals surface area contributed by atoms with Crippen LogP contribution in [-0.4, -0.2) is 46.7 Å². The summed E-state index contributed by atoms with van der Waals surface area (Å²) in [6.45, 7) is 5.67. The number of halogens is 6. The molecule has 3 aromatic rings. The highest BCUT2D eigenvalue weighted by Gasteiger charge is 2.44. The van der Waals surface area contributed by atoms with E-state index < -0.39 is 53.3 Å². The third-order valence-electron chi connectivity index (χ3n) is 8.70. The minimum Gasteiger partial charge on any atom is -0.481 e. The molecule has 1 saturated heterocycles. The fourth-order valence-corrected chi connectivity index (χ4v) is 6.19. The first-order valence-corrected chi connectivity index (χ1v) is 14.7. The van der Waals surface area contributed by atoms with Crippen LogP contribution in [0.15, 0.2) is 60.3 Å². The molecule has 5 rings (SSSR count). The lowest BCUT2D eigenvalue weighted by Crippen LogP contribution is -2.35. The summed E-state index contributed by atoms with van der Waals surface area (Å²) in [7, 11) is 1.47. The van der Waals surface area contributed by atoms with Crippen LogP contribution in [0, 0.1) is 5.41 Å². The molecule has 2 aliphatic rings. The maximum atomic E-state index is 13.6. The third kappa shape index (κ3) is 7.08. The first-order chi connectivity index (χ1) is 21.9. The van der Waals surface area contributed by atoms with Gasteiger partial charge in [0.25, 0.3) is 0 Å². The van der Waals surface area contributed by atoms with Gasteiger partial charge in [0.05, 0.1) is 29.8 Å². The van der Waals surface area contributed by atoms with Gasteiger partial charge in [0, 0.05) is 23.9 Å². The number of methoxy groups -OCH3 is 1. The molecule has 1 aliphatic heterocycles. The summed E-state index contributed by atoms with van der Waals surface area (Å²) in [5.41, 5.74) is 0.294. The summed E-state index contributed by atoms with van der Waals surface area (Å²) in [6.07, 6.45) is -8.85. The van der Waals surface area contributed by atoms with Gasteiger partial charge >= 0.3 is 24.4 Å². The van der Waals surface area contributed by atoms with Gasteiger partial charge in [-0.15, -0.1) is 0 Å². The maximum absolute atomic E-state index is 13.6. The molecule has 2 atom stereocenters. The highest BCUT2D eigenvalue weighted by atomic mass is 19.4. The summed E-state index contributed by atoms with van der Waals surface area (Å²) in [6, 6.07) is 8.48. The molecule has 7 nitrogen and oxygen atoms in total. The molecule has 0 saturated carbocycles. The number of benzene rings is 2. The summed E-state index contributed by atoms with van der Waals surface area (Å²) < 4.78 is 92.5.